The summed E-state index contributed by atoms with van der Waals surface area (Å²) in [5.41, 5.74) is -0.290. The monoisotopic (exact) mass is 399 g/mol. The molecule has 2 amide bonds. The lowest BCUT2D eigenvalue weighted by Crippen LogP contribution is -2.44. The molecule has 0 saturated carbocycles. The zero-order valence-corrected chi connectivity index (χ0v) is 17.0. The second-order valence-electron chi connectivity index (χ2n) is 8.32. The molecule has 1 atom stereocenters. The molecule has 1 N–H and O–H groups in total. The summed E-state index contributed by atoms with van der Waals surface area (Å²) in [5.74, 6) is 0.247. The Bertz CT molecular complexity index is 805. The lowest BCUT2D eigenvalue weighted by atomic mass is 9.92. The van der Waals surface area contributed by atoms with Crippen LogP contribution in [0.15, 0.2) is 54.9 Å². The van der Waals surface area contributed by atoms with Gasteiger partial charge in [-0.3, -0.25) is 9.59 Å². The van der Waals surface area contributed by atoms with Crippen molar-refractivity contribution in [3.63, 3.8) is 0 Å². The highest BCUT2D eigenvalue weighted by atomic mass is 16.5. The van der Waals surface area contributed by atoms with Gasteiger partial charge in [0.25, 0.3) is 5.91 Å². The molecule has 156 valence electrons. The Morgan fingerprint density at radius 1 is 1.10 bits per heavy atom. The van der Waals surface area contributed by atoms with E-state index in [-0.39, 0.29) is 36.9 Å². The lowest BCUT2D eigenvalue weighted by molar-refractivity contribution is -0.140. The van der Waals surface area contributed by atoms with E-state index in [0.29, 0.717) is 25.4 Å². The number of hydrogen-bond acceptors (Lipinski definition) is 4. The highest BCUT2D eigenvalue weighted by Gasteiger charge is 2.35. The Labute approximate surface area is 171 Å². The van der Waals surface area contributed by atoms with Gasteiger partial charge in [0.05, 0.1) is 12.6 Å². The Morgan fingerprint density at radius 3 is 2.48 bits per heavy atom. The number of nitrogens with zero attached hydrogens (tertiary/aromatic N) is 3. The highest BCUT2D eigenvalue weighted by molar-refractivity contribution is 5.86. The minimum absolute atomic E-state index is 0.00332. The first-order chi connectivity index (χ1) is 13.8. The number of hydrogen-bond donors (Lipinski definition) is 1. The molecule has 3 rings (SSSR count). The standard InChI is InChI=1S/C22H29N3O4/c1-22(2)16-24(13-18(26)12-23-10-6-7-11-23)20(27)14-25(17-22)21(28)15-29-19-8-4-3-5-9-19/h3-11,18,26H,12-17H2,1-2H3. The van der Waals surface area contributed by atoms with Crippen molar-refractivity contribution in [2.24, 2.45) is 5.41 Å². The van der Waals surface area contributed by atoms with E-state index in [4.69, 9.17) is 4.74 Å². The number of carbonyl (C=O) groups excluding carboxylic acids is 2. The van der Waals surface area contributed by atoms with Gasteiger partial charge in [0.1, 0.15) is 5.75 Å². The van der Waals surface area contributed by atoms with Crippen molar-refractivity contribution in [3.8, 4) is 5.75 Å². The molecular formula is C22H29N3O4. The van der Waals surface area contributed by atoms with Crippen LogP contribution in [0.3, 0.4) is 0 Å². The third kappa shape index (κ3) is 6.09. The van der Waals surface area contributed by atoms with Gasteiger partial charge in [0.15, 0.2) is 6.61 Å². The van der Waals surface area contributed by atoms with Gasteiger partial charge in [0, 0.05) is 38.6 Å². The van der Waals surface area contributed by atoms with Crippen LogP contribution in [0.25, 0.3) is 0 Å². The van der Waals surface area contributed by atoms with E-state index < -0.39 is 6.10 Å². The van der Waals surface area contributed by atoms with Crippen molar-refractivity contribution in [2.75, 3.05) is 32.8 Å². The minimum Gasteiger partial charge on any atom is -0.484 e. The maximum Gasteiger partial charge on any atom is 0.260 e. The summed E-state index contributed by atoms with van der Waals surface area (Å²) in [6, 6.07) is 12.9. The zero-order chi connectivity index (χ0) is 20.9. The van der Waals surface area contributed by atoms with Crippen LogP contribution in [0.4, 0.5) is 0 Å². The first-order valence-electron chi connectivity index (χ1n) is 9.85. The molecule has 1 aromatic heterocycles. The van der Waals surface area contributed by atoms with Crippen LogP contribution in [-0.2, 0) is 16.1 Å². The largest absolute Gasteiger partial charge is 0.484 e. The first kappa shape index (κ1) is 20.9. The van der Waals surface area contributed by atoms with Crippen molar-refractivity contribution in [3.05, 3.63) is 54.9 Å². The van der Waals surface area contributed by atoms with Crippen LogP contribution < -0.4 is 4.74 Å². The molecule has 29 heavy (non-hydrogen) atoms. The van der Waals surface area contributed by atoms with E-state index in [1.165, 1.54) is 0 Å². The third-order valence-corrected chi connectivity index (χ3v) is 4.89. The van der Waals surface area contributed by atoms with Gasteiger partial charge in [-0.15, -0.1) is 0 Å². The van der Waals surface area contributed by atoms with E-state index in [2.05, 4.69) is 0 Å². The quantitative estimate of drug-likeness (QED) is 0.768. The number of carbonyl (C=O) groups is 2. The molecule has 1 unspecified atom stereocenters. The Balaban J connectivity index is 1.59. The van der Waals surface area contributed by atoms with Crippen molar-refractivity contribution >= 4 is 11.8 Å². The van der Waals surface area contributed by atoms with E-state index in [0.717, 1.165) is 0 Å². The van der Waals surface area contributed by atoms with Gasteiger partial charge in [-0.25, -0.2) is 0 Å². The normalized spacial score (nSPS) is 17.7. The number of benzene rings is 1. The van der Waals surface area contributed by atoms with E-state index in [1.54, 1.807) is 21.9 Å². The van der Waals surface area contributed by atoms with E-state index in [9.17, 15) is 14.7 Å². The Hall–Kier alpha value is -2.80. The summed E-state index contributed by atoms with van der Waals surface area (Å²) in [5, 5.41) is 10.4. The van der Waals surface area contributed by atoms with Gasteiger partial charge in [-0.05, 0) is 29.7 Å². The average molecular weight is 399 g/mol. The van der Waals surface area contributed by atoms with Crippen LogP contribution in [0.1, 0.15) is 13.8 Å². The first-order valence-corrected chi connectivity index (χ1v) is 9.85. The van der Waals surface area contributed by atoms with Crippen LogP contribution in [0.2, 0.25) is 0 Å². The number of aliphatic hydroxyl groups is 1. The van der Waals surface area contributed by atoms with Crippen molar-refractivity contribution in [1.82, 2.24) is 14.4 Å². The SMILES string of the molecule is CC1(C)CN(C(=O)COc2ccccc2)CC(=O)N(CC(O)Cn2cccc2)C1. The number of aliphatic hydroxyl groups excluding tert-OH is 1. The van der Waals surface area contributed by atoms with E-state index >= 15 is 0 Å². The van der Waals surface area contributed by atoms with Gasteiger partial charge in [-0.1, -0.05) is 32.0 Å². The average Bonchev–Trinajstić information content (AvgIpc) is 3.14. The summed E-state index contributed by atoms with van der Waals surface area (Å²) >= 11 is 0. The molecule has 1 fully saturated rings. The molecule has 2 aromatic rings. The fraction of sp³-hybridized carbons (Fsp3) is 0.455. The van der Waals surface area contributed by atoms with Crippen molar-refractivity contribution in [2.45, 2.75) is 26.5 Å². The van der Waals surface area contributed by atoms with Gasteiger partial charge in [0.2, 0.25) is 5.91 Å². The van der Waals surface area contributed by atoms with Crippen molar-refractivity contribution < 1.29 is 19.4 Å². The van der Waals surface area contributed by atoms with E-state index in [1.807, 2.05) is 61.1 Å². The van der Waals surface area contributed by atoms with Crippen LogP contribution in [0, 0.1) is 5.41 Å². The highest BCUT2D eigenvalue weighted by Crippen LogP contribution is 2.23. The van der Waals surface area contributed by atoms with Crippen LogP contribution >= 0.6 is 0 Å². The fourth-order valence-corrected chi connectivity index (χ4v) is 3.63. The molecule has 0 bridgehead atoms. The Kier molecular flexibility index (Phi) is 6.59. The maximum absolute atomic E-state index is 12.8. The molecule has 1 aromatic carbocycles. The number of amides is 2. The summed E-state index contributed by atoms with van der Waals surface area (Å²) in [6.45, 7) is 5.54. The number of rotatable bonds is 7. The lowest BCUT2D eigenvalue weighted by Gasteiger charge is -2.31. The van der Waals surface area contributed by atoms with Gasteiger partial charge in [-0.2, -0.15) is 0 Å². The predicted octanol–water partition coefficient (Wildman–Crippen LogP) is 1.62. The van der Waals surface area contributed by atoms with Crippen LogP contribution in [-0.4, -0.2) is 70.2 Å². The second kappa shape index (κ2) is 9.13. The fourth-order valence-electron chi connectivity index (χ4n) is 3.63. The smallest absolute Gasteiger partial charge is 0.260 e. The molecule has 2 heterocycles. The summed E-state index contributed by atoms with van der Waals surface area (Å²) in [4.78, 5) is 28.7. The van der Waals surface area contributed by atoms with Gasteiger partial charge < -0.3 is 24.2 Å². The number of aromatic nitrogens is 1. The second-order valence-corrected chi connectivity index (χ2v) is 8.32. The number of ether oxygens (including phenoxy) is 1. The molecule has 0 spiro atoms. The Morgan fingerprint density at radius 2 is 1.79 bits per heavy atom. The molecule has 0 aliphatic carbocycles. The predicted molar refractivity (Wildman–Crippen MR) is 109 cm³/mol. The zero-order valence-electron chi connectivity index (χ0n) is 17.0. The minimum atomic E-state index is -0.675. The number of β-amino-alcohol motifs (C(OH)–C–C–N with tert-alkyl or cyclic N) is 1. The van der Waals surface area contributed by atoms with Gasteiger partial charge >= 0.3 is 0 Å². The van der Waals surface area contributed by atoms with Crippen molar-refractivity contribution in [1.29, 1.82) is 0 Å². The maximum atomic E-state index is 12.8. The number of para-hydroxylation sites is 1. The molecule has 0 radical (unpaired) electrons. The third-order valence-electron chi connectivity index (χ3n) is 4.89. The topological polar surface area (TPSA) is 75.0 Å². The summed E-state index contributed by atoms with van der Waals surface area (Å²) in [6.07, 6.45) is 3.08. The molecular weight excluding hydrogens is 370 g/mol. The molecule has 7 nitrogen and oxygen atoms in total. The van der Waals surface area contributed by atoms with Crippen LogP contribution in [0.5, 0.6) is 5.75 Å². The molecule has 1 saturated heterocycles. The molecule has 1 aliphatic rings. The molecule has 7 heteroatoms. The summed E-state index contributed by atoms with van der Waals surface area (Å²) < 4.78 is 7.44. The molecule has 1 aliphatic heterocycles. The summed E-state index contributed by atoms with van der Waals surface area (Å²) in [7, 11) is 0.